The van der Waals surface area contributed by atoms with Gasteiger partial charge < -0.3 is 0 Å². The van der Waals surface area contributed by atoms with Crippen molar-refractivity contribution >= 4 is 19.7 Å². The summed E-state index contributed by atoms with van der Waals surface area (Å²) in [4.78, 5) is 0. The van der Waals surface area contributed by atoms with Gasteiger partial charge in [0.2, 0.25) is 0 Å². The van der Waals surface area contributed by atoms with Crippen molar-refractivity contribution in [3.8, 4) is 0 Å². The smallest absolute Gasteiger partial charge is 0.151 e. The van der Waals surface area contributed by atoms with Crippen LogP contribution in [0.4, 0.5) is 0 Å². The fraction of sp³-hybridized carbons (Fsp3) is 0.714. The Morgan fingerprint density at radius 3 is 1.05 bits per heavy atom. The van der Waals surface area contributed by atoms with Gasteiger partial charge in [-0.25, -0.2) is 16.8 Å². The lowest BCUT2D eigenvalue weighted by Gasteiger charge is -2.22. The Balaban J connectivity index is 1.86. The molecule has 0 heterocycles. The highest BCUT2D eigenvalue weighted by molar-refractivity contribution is 7.91. The Morgan fingerprint density at radius 2 is 0.850 bits per heavy atom. The van der Waals surface area contributed by atoms with Gasteiger partial charge in [-0.05, 0) is 35.5 Å². The summed E-state index contributed by atoms with van der Waals surface area (Å²) < 4.78 is 48.5. The lowest BCUT2D eigenvalue weighted by atomic mass is 9.88. The molecule has 0 spiro atoms. The number of rotatable bonds is 2. The lowest BCUT2D eigenvalue weighted by Crippen LogP contribution is -2.34. The van der Waals surface area contributed by atoms with Crippen LogP contribution in [-0.4, -0.2) is 39.8 Å². The largest absolute Gasteiger partial charge is 0.229 e. The summed E-state index contributed by atoms with van der Waals surface area (Å²) in [6.45, 7) is 0. The first kappa shape index (κ1) is 13.1. The molecular weight excluding hydrogens is 296 g/mol. The predicted molar refractivity (Wildman–Crippen MR) is 76.5 cm³/mol. The van der Waals surface area contributed by atoms with Crippen molar-refractivity contribution in [3.63, 3.8) is 0 Å². The van der Waals surface area contributed by atoms with Crippen LogP contribution in [0.3, 0.4) is 0 Å². The topological polar surface area (TPSA) is 68.3 Å². The first-order valence-electron chi connectivity index (χ1n) is 6.95. The lowest BCUT2D eigenvalue weighted by molar-refractivity contribution is 0.343. The van der Waals surface area contributed by atoms with Crippen molar-refractivity contribution in [2.75, 3.05) is 12.5 Å². The first-order chi connectivity index (χ1) is 9.21. The summed E-state index contributed by atoms with van der Waals surface area (Å²) >= 11 is 0. The van der Waals surface area contributed by atoms with Gasteiger partial charge in [0.1, 0.15) is 0 Å². The normalized spacial score (nSPS) is 51.9. The third-order valence-electron chi connectivity index (χ3n) is 5.84. The van der Waals surface area contributed by atoms with Gasteiger partial charge in [-0.3, -0.25) is 0 Å². The zero-order valence-corrected chi connectivity index (χ0v) is 13.0. The van der Waals surface area contributed by atoms with Crippen LogP contribution in [0.1, 0.15) is 0 Å². The van der Waals surface area contributed by atoms with Gasteiger partial charge in [-0.2, -0.15) is 0 Å². The van der Waals surface area contributed by atoms with Gasteiger partial charge in [0, 0.05) is 12.5 Å². The van der Waals surface area contributed by atoms with Crippen LogP contribution in [0.5, 0.6) is 0 Å². The molecule has 4 rings (SSSR count). The summed E-state index contributed by atoms with van der Waals surface area (Å²) in [5, 5.41) is -0.721. The second-order valence-electron chi connectivity index (χ2n) is 6.82. The third kappa shape index (κ3) is 1.42. The average Bonchev–Trinajstić information content (AvgIpc) is 2.92. The Morgan fingerprint density at radius 1 is 0.600 bits per heavy atom. The summed E-state index contributed by atoms with van der Waals surface area (Å²) in [5.41, 5.74) is 0. The van der Waals surface area contributed by atoms with E-state index in [2.05, 4.69) is 0 Å². The Bertz CT molecular complexity index is 639. The summed E-state index contributed by atoms with van der Waals surface area (Å²) in [7, 11) is -6.24. The molecule has 4 nitrogen and oxygen atoms in total. The summed E-state index contributed by atoms with van der Waals surface area (Å²) in [5.74, 6) is 0.403. The molecule has 4 unspecified atom stereocenters. The quantitative estimate of drug-likeness (QED) is 0.703. The molecule has 2 fully saturated rings. The van der Waals surface area contributed by atoms with E-state index in [1.54, 1.807) is 0 Å². The minimum Gasteiger partial charge on any atom is -0.229 e. The van der Waals surface area contributed by atoms with E-state index in [0.717, 1.165) is 0 Å². The van der Waals surface area contributed by atoms with Gasteiger partial charge in [0.25, 0.3) is 0 Å². The van der Waals surface area contributed by atoms with Crippen LogP contribution >= 0.6 is 0 Å². The molecule has 2 saturated carbocycles. The van der Waals surface area contributed by atoms with Gasteiger partial charge >= 0.3 is 0 Å². The summed E-state index contributed by atoms with van der Waals surface area (Å²) in [6, 6.07) is 0. The highest BCUT2D eigenvalue weighted by atomic mass is 32.2. The van der Waals surface area contributed by atoms with E-state index in [0.29, 0.717) is 0 Å². The molecule has 0 aromatic rings. The molecule has 0 N–H and O–H groups in total. The Labute approximate surface area is 119 Å². The molecule has 0 aromatic carbocycles. The highest BCUT2D eigenvalue weighted by Gasteiger charge is 2.67. The fourth-order valence-corrected chi connectivity index (χ4v) is 8.91. The molecule has 0 aromatic heterocycles. The number of sulfone groups is 2. The number of hydrogen-bond donors (Lipinski definition) is 0. The molecule has 20 heavy (non-hydrogen) atoms. The number of hydrogen-bond acceptors (Lipinski definition) is 4. The number of allylic oxidation sites excluding steroid dienone is 4. The van der Waals surface area contributed by atoms with Gasteiger partial charge in [0.15, 0.2) is 19.7 Å². The van der Waals surface area contributed by atoms with Crippen molar-refractivity contribution in [2.24, 2.45) is 35.5 Å². The minimum absolute atomic E-state index is 0.00389. The van der Waals surface area contributed by atoms with Crippen molar-refractivity contribution < 1.29 is 16.8 Å². The van der Waals surface area contributed by atoms with Crippen molar-refractivity contribution in [1.29, 1.82) is 0 Å². The molecule has 4 aliphatic rings. The SMILES string of the molecule is CS(=O)(=O)C1C2C=CC3C2C2C1C=CC2C3S(C)(=O)=O. The molecule has 110 valence electrons. The maximum absolute atomic E-state index is 12.1. The second-order valence-corrected chi connectivity index (χ2v) is 11.2. The van der Waals surface area contributed by atoms with E-state index >= 15 is 0 Å². The van der Waals surface area contributed by atoms with Crippen LogP contribution in [0.25, 0.3) is 0 Å². The van der Waals surface area contributed by atoms with Crippen LogP contribution in [0, 0.1) is 35.5 Å². The molecule has 4 atom stereocenters. The minimum atomic E-state index is -3.12. The first-order valence-corrected chi connectivity index (χ1v) is 10.9. The molecule has 0 aliphatic heterocycles. The maximum atomic E-state index is 12.1. The average molecular weight is 314 g/mol. The van der Waals surface area contributed by atoms with E-state index in [9.17, 15) is 16.8 Å². The van der Waals surface area contributed by atoms with Gasteiger partial charge in [-0.15, -0.1) is 0 Å². The highest BCUT2D eigenvalue weighted by Crippen LogP contribution is 2.65. The molecule has 0 radical (unpaired) electrons. The zero-order valence-electron chi connectivity index (χ0n) is 11.4. The van der Waals surface area contributed by atoms with Crippen LogP contribution in [-0.2, 0) is 19.7 Å². The molecule has 4 aliphatic carbocycles. The predicted octanol–water partition coefficient (Wildman–Crippen LogP) is 0.677. The molecule has 6 heteroatoms. The standard InChI is InChI=1S/C14H18O4S2/c1-19(15,16)13-7-3-5-9-11(7)12-8(13)4-6-10(12)14(9)20(2,17)18/h3-14H,1-2H3. The second kappa shape index (κ2) is 3.58. The Hall–Kier alpha value is -0.620. The van der Waals surface area contributed by atoms with Crippen molar-refractivity contribution in [2.45, 2.75) is 10.5 Å². The van der Waals surface area contributed by atoms with Gasteiger partial charge in [-0.1, -0.05) is 24.3 Å². The van der Waals surface area contributed by atoms with E-state index in [4.69, 9.17) is 0 Å². The maximum Gasteiger partial charge on any atom is 0.151 e. The van der Waals surface area contributed by atoms with Crippen LogP contribution < -0.4 is 0 Å². The molecule has 0 bridgehead atoms. The fourth-order valence-electron chi connectivity index (χ4n) is 5.54. The van der Waals surface area contributed by atoms with E-state index in [-0.39, 0.29) is 46.0 Å². The molecular formula is C14H18O4S2. The van der Waals surface area contributed by atoms with E-state index < -0.39 is 19.7 Å². The zero-order chi connectivity index (χ0) is 14.4. The van der Waals surface area contributed by atoms with E-state index in [1.807, 2.05) is 24.3 Å². The van der Waals surface area contributed by atoms with Crippen LogP contribution in [0.2, 0.25) is 0 Å². The molecule has 0 saturated heterocycles. The molecule has 0 amide bonds. The third-order valence-corrected chi connectivity index (χ3v) is 9.07. The summed E-state index contributed by atoms with van der Waals surface area (Å²) in [6.07, 6.45) is 10.5. The van der Waals surface area contributed by atoms with Gasteiger partial charge in [0.05, 0.1) is 10.5 Å². The van der Waals surface area contributed by atoms with Crippen molar-refractivity contribution in [1.82, 2.24) is 0 Å². The van der Waals surface area contributed by atoms with Crippen molar-refractivity contribution in [3.05, 3.63) is 24.3 Å². The Kier molecular flexibility index (Phi) is 2.34. The van der Waals surface area contributed by atoms with E-state index in [1.165, 1.54) is 12.5 Å². The van der Waals surface area contributed by atoms with Crippen LogP contribution in [0.15, 0.2) is 24.3 Å². The monoisotopic (exact) mass is 314 g/mol.